The van der Waals surface area contributed by atoms with Gasteiger partial charge in [-0.1, -0.05) is 0 Å². The second-order valence-corrected chi connectivity index (χ2v) is 5.15. The van der Waals surface area contributed by atoms with E-state index in [1.807, 2.05) is 24.6 Å². The fourth-order valence-electron chi connectivity index (χ4n) is 2.67. The number of nitriles is 1. The molecular formula is C14H20N4O. The van der Waals surface area contributed by atoms with Crippen LogP contribution in [0.3, 0.4) is 0 Å². The Balaban J connectivity index is 2.04. The maximum atomic E-state index is 11.6. The van der Waals surface area contributed by atoms with Crippen molar-refractivity contribution in [1.82, 2.24) is 14.8 Å². The summed E-state index contributed by atoms with van der Waals surface area (Å²) >= 11 is 0. The topological polar surface area (TPSA) is 61.1 Å². The van der Waals surface area contributed by atoms with Gasteiger partial charge in [0.2, 0.25) is 5.91 Å². The summed E-state index contributed by atoms with van der Waals surface area (Å²) in [7, 11) is 3.60. The molecule has 0 unspecified atom stereocenters. The minimum absolute atomic E-state index is 0.101. The summed E-state index contributed by atoms with van der Waals surface area (Å²) in [6.45, 7) is 4.58. The molecule has 0 spiro atoms. The van der Waals surface area contributed by atoms with Gasteiger partial charge in [0.25, 0.3) is 0 Å². The number of carbonyl (C=O) groups is 1. The third kappa shape index (κ3) is 2.64. The highest BCUT2D eigenvalue weighted by molar-refractivity contribution is 5.78. The van der Waals surface area contributed by atoms with Crippen LogP contribution in [0.25, 0.3) is 0 Å². The van der Waals surface area contributed by atoms with Crippen molar-refractivity contribution >= 4 is 5.91 Å². The number of nitrogens with zero attached hydrogens (tertiary/aromatic N) is 3. The van der Waals surface area contributed by atoms with Crippen molar-refractivity contribution in [1.29, 1.82) is 5.26 Å². The molecule has 1 aliphatic heterocycles. The average molecular weight is 260 g/mol. The van der Waals surface area contributed by atoms with E-state index in [1.54, 1.807) is 7.05 Å². The predicted octanol–water partition coefficient (Wildman–Crippen LogP) is 0.773. The van der Waals surface area contributed by atoms with Crippen molar-refractivity contribution in [3.8, 4) is 6.07 Å². The zero-order valence-electron chi connectivity index (χ0n) is 11.7. The summed E-state index contributed by atoms with van der Waals surface area (Å²) in [5.74, 6) is 0.231. The fourth-order valence-corrected chi connectivity index (χ4v) is 2.67. The number of aromatic nitrogens is 1. The number of hydrogen-bond acceptors (Lipinski definition) is 3. The molecule has 5 nitrogen and oxygen atoms in total. The van der Waals surface area contributed by atoms with Crippen LogP contribution in [0.1, 0.15) is 23.4 Å². The van der Waals surface area contributed by atoms with Gasteiger partial charge in [-0.25, -0.2) is 0 Å². The monoisotopic (exact) mass is 260 g/mol. The second kappa shape index (κ2) is 5.45. The lowest BCUT2D eigenvalue weighted by Crippen LogP contribution is -2.30. The zero-order chi connectivity index (χ0) is 14.0. The molecule has 102 valence electrons. The van der Waals surface area contributed by atoms with E-state index in [1.165, 1.54) is 5.56 Å². The van der Waals surface area contributed by atoms with E-state index in [-0.39, 0.29) is 11.8 Å². The molecule has 0 saturated carbocycles. The van der Waals surface area contributed by atoms with Gasteiger partial charge in [-0.2, -0.15) is 5.26 Å². The smallest absolute Gasteiger partial charge is 0.224 e. The average Bonchev–Trinajstić information content (AvgIpc) is 2.98. The molecule has 2 rings (SSSR count). The van der Waals surface area contributed by atoms with E-state index in [0.29, 0.717) is 5.69 Å². The molecule has 1 atom stereocenters. The Labute approximate surface area is 113 Å². The van der Waals surface area contributed by atoms with E-state index in [4.69, 9.17) is 5.26 Å². The van der Waals surface area contributed by atoms with Crippen molar-refractivity contribution in [2.45, 2.75) is 19.9 Å². The highest BCUT2D eigenvalue weighted by Crippen LogP contribution is 2.21. The summed E-state index contributed by atoms with van der Waals surface area (Å²) in [5, 5.41) is 11.7. The SMILES string of the molecule is CNC(=O)[C@@H]1CCN(Cc2cc(C#N)n(C)c2C)C1. The van der Waals surface area contributed by atoms with E-state index in [0.717, 1.165) is 31.7 Å². The Hall–Kier alpha value is -1.80. The van der Waals surface area contributed by atoms with Crippen molar-refractivity contribution in [3.05, 3.63) is 23.0 Å². The number of rotatable bonds is 3. The van der Waals surface area contributed by atoms with Crippen LogP contribution in [-0.2, 0) is 18.4 Å². The van der Waals surface area contributed by atoms with Crippen LogP contribution < -0.4 is 5.32 Å². The van der Waals surface area contributed by atoms with E-state index in [2.05, 4.69) is 16.3 Å². The molecule has 1 fully saturated rings. The van der Waals surface area contributed by atoms with Crippen LogP contribution in [0.4, 0.5) is 0 Å². The molecule has 19 heavy (non-hydrogen) atoms. The number of hydrogen-bond donors (Lipinski definition) is 1. The molecular weight excluding hydrogens is 240 g/mol. The lowest BCUT2D eigenvalue weighted by Gasteiger charge is -2.15. The Morgan fingerprint density at radius 2 is 2.37 bits per heavy atom. The third-order valence-corrected chi connectivity index (χ3v) is 4.04. The van der Waals surface area contributed by atoms with Crippen molar-refractivity contribution in [2.75, 3.05) is 20.1 Å². The quantitative estimate of drug-likeness (QED) is 0.873. The van der Waals surface area contributed by atoms with Crippen LogP contribution in [0.5, 0.6) is 0 Å². The first-order valence-corrected chi connectivity index (χ1v) is 6.56. The van der Waals surface area contributed by atoms with Crippen LogP contribution in [-0.4, -0.2) is 35.5 Å². The molecule has 1 aromatic rings. The molecule has 2 heterocycles. The van der Waals surface area contributed by atoms with Gasteiger partial charge in [-0.05, 0) is 31.5 Å². The Bertz CT molecular complexity index is 526. The second-order valence-electron chi connectivity index (χ2n) is 5.15. The van der Waals surface area contributed by atoms with Gasteiger partial charge in [-0.3, -0.25) is 9.69 Å². The largest absolute Gasteiger partial charge is 0.359 e. The molecule has 1 saturated heterocycles. The summed E-state index contributed by atoms with van der Waals surface area (Å²) in [6, 6.07) is 4.14. The van der Waals surface area contributed by atoms with Gasteiger partial charge >= 0.3 is 0 Å². The van der Waals surface area contributed by atoms with Crippen LogP contribution in [0.2, 0.25) is 0 Å². The minimum atomic E-state index is 0.101. The Kier molecular flexibility index (Phi) is 3.91. The van der Waals surface area contributed by atoms with E-state index in [9.17, 15) is 4.79 Å². The first-order valence-electron chi connectivity index (χ1n) is 6.56. The zero-order valence-corrected chi connectivity index (χ0v) is 11.7. The van der Waals surface area contributed by atoms with Crippen molar-refractivity contribution in [3.63, 3.8) is 0 Å². The summed E-state index contributed by atoms with van der Waals surface area (Å²) in [5.41, 5.74) is 2.99. The Morgan fingerprint density at radius 1 is 1.63 bits per heavy atom. The maximum absolute atomic E-state index is 11.6. The van der Waals surface area contributed by atoms with Gasteiger partial charge in [0.15, 0.2) is 0 Å². The normalized spacial score (nSPS) is 19.4. The lowest BCUT2D eigenvalue weighted by atomic mass is 10.1. The molecule has 1 amide bonds. The van der Waals surface area contributed by atoms with Gasteiger partial charge in [0.1, 0.15) is 11.8 Å². The fraction of sp³-hybridized carbons (Fsp3) is 0.571. The lowest BCUT2D eigenvalue weighted by molar-refractivity contribution is -0.124. The van der Waals surface area contributed by atoms with E-state index < -0.39 is 0 Å². The standard InChI is InChI=1S/C14H20N4O/c1-10-12(6-13(7-15)17(10)3)9-18-5-4-11(8-18)14(19)16-2/h6,11H,4-5,8-9H2,1-3H3,(H,16,19)/t11-/m1/s1. The van der Waals surface area contributed by atoms with Crippen LogP contribution in [0.15, 0.2) is 6.07 Å². The van der Waals surface area contributed by atoms with Crippen molar-refractivity contribution in [2.24, 2.45) is 13.0 Å². The molecule has 0 radical (unpaired) electrons. The molecule has 5 heteroatoms. The minimum Gasteiger partial charge on any atom is -0.359 e. The molecule has 0 aromatic carbocycles. The number of carbonyl (C=O) groups excluding carboxylic acids is 1. The summed E-state index contributed by atoms with van der Waals surface area (Å²) in [4.78, 5) is 13.9. The summed E-state index contributed by atoms with van der Waals surface area (Å²) < 4.78 is 1.92. The van der Waals surface area contributed by atoms with Crippen LogP contribution in [0, 0.1) is 24.2 Å². The van der Waals surface area contributed by atoms with Crippen LogP contribution >= 0.6 is 0 Å². The van der Waals surface area contributed by atoms with E-state index >= 15 is 0 Å². The molecule has 0 aliphatic carbocycles. The predicted molar refractivity (Wildman–Crippen MR) is 72.3 cm³/mol. The Morgan fingerprint density at radius 3 is 2.95 bits per heavy atom. The highest BCUT2D eigenvalue weighted by Gasteiger charge is 2.28. The highest BCUT2D eigenvalue weighted by atomic mass is 16.1. The summed E-state index contributed by atoms with van der Waals surface area (Å²) in [6.07, 6.45) is 0.913. The van der Waals surface area contributed by atoms with Gasteiger partial charge in [0, 0.05) is 32.9 Å². The molecule has 1 aliphatic rings. The maximum Gasteiger partial charge on any atom is 0.224 e. The third-order valence-electron chi connectivity index (χ3n) is 4.04. The first-order chi connectivity index (χ1) is 9.06. The number of likely N-dealkylation sites (tertiary alicyclic amines) is 1. The van der Waals surface area contributed by atoms with Gasteiger partial charge < -0.3 is 9.88 Å². The number of amides is 1. The first kappa shape index (κ1) is 13.6. The molecule has 0 bridgehead atoms. The number of nitrogens with one attached hydrogen (secondary N) is 1. The van der Waals surface area contributed by atoms with Gasteiger partial charge in [-0.15, -0.1) is 0 Å². The molecule has 1 aromatic heterocycles. The van der Waals surface area contributed by atoms with Gasteiger partial charge in [0.05, 0.1) is 5.92 Å². The molecule has 1 N–H and O–H groups in total. The van der Waals surface area contributed by atoms with Crippen molar-refractivity contribution < 1.29 is 4.79 Å².